The number of carbonyl (C=O) groups is 2. The third-order valence-electron chi connectivity index (χ3n) is 2.28. The predicted molar refractivity (Wildman–Crippen MR) is 72.5 cm³/mol. The number of hydrogen-bond acceptors (Lipinski definition) is 4. The lowest BCUT2D eigenvalue weighted by Crippen LogP contribution is -2.44. The van der Waals surface area contributed by atoms with E-state index in [4.69, 9.17) is 5.11 Å². The molecule has 19 heavy (non-hydrogen) atoms. The van der Waals surface area contributed by atoms with Gasteiger partial charge in [-0.3, -0.25) is 4.79 Å². The molecule has 0 rings (SSSR count). The van der Waals surface area contributed by atoms with Crippen LogP contribution in [0.4, 0.5) is 0 Å². The smallest absolute Gasteiger partial charge is 0.326 e. The molecule has 0 aromatic heterocycles. The zero-order valence-electron chi connectivity index (χ0n) is 11.8. The summed E-state index contributed by atoms with van der Waals surface area (Å²) < 4.78 is 23.2. The second-order valence-corrected chi connectivity index (χ2v) is 7.65. The minimum absolute atomic E-state index is 0.0660. The van der Waals surface area contributed by atoms with Crippen LogP contribution >= 0.6 is 0 Å². The molecule has 1 unspecified atom stereocenters. The van der Waals surface area contributed by atoms with Gasteiger partial charge in [0.05, 0.1) is 5.75 Å². The second-order valence-electron chi connectivity index (χ2n) is 5.54. The van der Waals surface area contributed by atoms with Gasteiger partial charge >= 0.3 is 5.97 Å². The van der Waals surface area contributed by atoms with Crippen molar-refractivity contribution in [2.75, 3.05) is 11.5 Å². The van der Waals surface area contributed by atoms with Crippen molar-refractivity contribution in [3.05, 3.63) is 0 Å². The Balaban J connectivity index is 4.54. The molecule has 0 bridgehead atoms. The van der Waals surface area contributed by atoms with Crippen molar-refractivity contribution in [2.45, 2.75) is 40.2 Å². The number of aliphatic carboxylic acids is 1. The molecule has 0 saturated heterocycles. The van der Waals surface area contributed by atoms with E-state index in [0.717, 1.165) is 0 Å². The Labute approximate surface area is 114 Å². The molecule has 112 valence electrons. The number of carboxylic acid groups (broad SMARTS) is 1. The molecule has 2 N–H and O–H groups in total. The van der Waals surface area contributed by atoms with Crippen molar-refractivity contribution in [2.24, 2.45) is 11.8 Å². The molecule has 0 aliphatic heterocycles. The first-order valence-electron chi connectivity index (χ1n) is 6.26. The van der Waals surface area contributed by atoms with Crippen molar-refractivity contribution < 1.29 is 23.1 Å². The topological polar surface area (TPSA) is 101 Å². The SMILES string of the molecule is CC(C)CC(NC(=O)CS(=O)(=O)CC(C)C)C(=O)O. The summed E-state index contributed by atoms with van der Waals surface area (Å²) in [6.07, 6.45) is 0.269. The van der Waals surface area contributed by atoms with Crippen LogP contribution in [-0.4, -0.2) is 42.9 Å². The van der Waals surface area contributed by atoms with Crippen LogP contribution in [0.25, 0.3) is 0 Å². The molecule has 7 heteroatoms. The molecular formula is C12H23NO5S. The van der Waals surface area contributed by atoms with Gasteiger partial charge in [-0.25, -0.2) is 13.2 Å². The third-order valence-corrected chi connectivity index (χ3v) is 4.16. The number of amides is 1. The minimum Gasteiger partial charge on any atom is -0.480 e. The van der Waals surface area contributed by atoms with Crippen molar-refractivity contribution in [3.8, 4) is 0 Å². The Bertz CT molecular complexity index is 414. The largest absolute Gasteiger partial charge is 0.480 e. The molecule has 0 fully saturated rings. The van der Waals surface area contributed by atoms with Crippen LogP contribution in [0.1, 0.15) is 34.1 Å². The van der Waals surface area contributed by atoms with Gasteiger partial charge in [-0.15, -0.1) is 0 Å². The van der Waals surface area contributed by atoms with Crippen LogP contribution in [0.3, 0.4) is 0 Å². The second kappa shape index (κ2) is 7.47. The molecular weight excluding hydrogens is 270 g/mol. The van der Waals surface area contributed by atoms with E-state index < -0.39 is 33.5 Å². The standard InChI is InChI=1S/C12H23NO5S/c1-8(2)5-10(12(15)16)13-11(14)7-19(17,18)6-9(3)4/h8-10H,5-7H2,1-4H3,(H,13,14)(H,15,16). The fourth-order valence-corrected chi connectivity index (χ4v) is 3.31. The maximum absolute atomic E-state index is 11.6. The molecule has 0 saturated carbocycles. The Morgan fingerprint density at radius 1 is 1.11 bits per heavy atom. The summed E-state index contributed by atoms with van der Waals surface area (Å²) in [6, 6.07) is -1.04. The highest BCUT2D eigenvalue weighted by Crippen LogP contribution is 2.06. The highest BCUT2D eigenvalue weighted by molar-refractivity contribution is 7.92. The molecule has 0 spiro atoms. The normalized spacial score (nSPS) is 13.6. The Morgan fingerprint density at radius 3 is 2.00 bits per heavy atom. The number of carboxylic acids is 1. The maximum atomic E-state index is 11.6. The predicted octanol–water partition coefficient (Wildman–Crippen LogP) is 0.673. The van der Waals surface area contributed by atoms with Crippen LogP contribution in [0, 0.1) is 11.8 Å². The number of carbonyl (C=O) groups excluding carboxylic acids is 1. The fraction of sp³-hybridized carbons (Fsp3) is 0.833. The molecule has 0 aromatic rings. The fourth-order valence-electron chi connectivity index (χ4n) is 1.70. The van der Waals surface area contributed by atoms with E-state index in [1.807, 2.05) is 13.8 Å². The zero-order valence-corrected chi connectivity index (χ0v) is 12.7. The Kier molecular flexibility index (Phi) is 7.04. The highest BCUT2D eigenvalue weighted by Gasteiger charge is 2.24. The van der Waals surface area contributed by atoms with Gasteiger partial charge in [-0.2, -0.15) is 0 Å². The Hall–Kier alpha value is -1.11. The summed E-state index contributed by atoms with van der Waals surface area (Å²) in [5.74, 6) is -2.62. The lowest BCUT2D eigenvalue weighted by molar-refractivity contribution is -0.141. The lowest BCUT2D eigenvalue weighted by Gasteiger charge is -2.16. The maximum Gasteiger partial charge on any atom is 0.326 e. The van der Waals surface area contributed by atoms with Gasteiger partial charge in [-0.1, -0.05) is 27.7 Å². The van der Waals surface area contributed by atoms with E-state index in [1.54, 1.807) is 13.8 Å². The third kappa shape index (κ3) is 8.58. The Morgan fingerprint density at radius 2 is 1.63 bits per heavy atom. The van der Waals surface area contributed by atoms with Crippen LogP contribution in [0.2, 0.25) is 0 Å². The molecule has 1 amide bonds. The molecule has 0 aliphatic carbocycles. The lowest BCUT2D eigenvalue weighted by atomic mass is 10.0. The van der Waals surface area contributed by atoms with Crippen molar-refractivity contribution >= 4 is 21.7 Å². The minimum atomic E-state index is -3.48. The summed E-state index contributed by atoms with van der Waals surface area (Å²) in [5.41, 5.74) is 0. The van der Waals surface area contributed by atoms with Gasteiger partial charge in [0.15, 0.2) is 9.84 Å². The van der Waals surface area contributed by atoms with Crippen LogP contribution in [-0.2, 0) is 19.4 Å². The van der Waals surface area contributed by atoms with E-state index in [-0.39, 0.29) is 24.0 Å². The van der Waals surface area contributed by atoms with E-state index in [0.29, 0.717) is 0 Å². The van der Waals surface area contributed by atoms with Gasteiger partial charge in [0.25, 0.3) is 0 Å². The van der Waals surface area contributed by atoms with E-state index >= 15 is 0 Å². The molecule has 0 radical (unpaired) electrons. The summed E-state index contributed by atoms with van der Waals surface area (Å²) in [4.78, 5) is 22.5. The highest BCUT2D eigenvalue weighted by atomic mass is 32.2. The first-order chi connectivity index (χ1) is 8.53. The van der Waals surface area contributed by atoms with Gasteiger partial charge < -0.3 is 10.4 Å². The number of rotatable bonds is 8. The summed E-state index contributed by atoms with van der Waals surface area (Å²) in [7, 11) is -3.48. The quantitative estimate of drug-likeness (QED) is 0.685. The van der Waals surface area contributed by atoms with Crippen LogP contribution in [0.5, 0.6) is 0 Å². The van der Waals surface area contributed by atoms with E-state index in [9.17, 15) is 18.0 Å². The van der Waals surface area contributed by atoms with Crippen LogP contribution in [0.15, 0.2) is 0 Å². The summed E-state index contributed by atoms with van der Waals surface area (Å²) in [6.45, 7) is 7.15. The average molecular weight is 293 g/mol. The first kappa shape index (κ1) is 17.9. The number of sulfone groups is 1. The first-order valence-corrected chi connectivity index (χ1v) is 8.08. The van der Waals surface area contributed by atoms with Gasteiger partial charge in [0.2, 0.25) is 5.91 Å². The van der Waals surface area contributed by atoms with Crippen LogP contribution < -0.4 is 5.32 Å². The average Bonchev–Trinajstić information content (AvgIpc) is 2.11. The molecule has 1 atom stereocenters. The monoisotopic (exact) mass is 293 g/mol. The van der Waals surface area contributed by atoms with Gasteiger partial charge in [0, 0.05) is 0 Å². The van der Waals surface area contributed by atoms with Gasteiger partial charge in [0.1, 0.15) is 11.8 Å². The molecule has 0 aromatic carbocycles. The number of nitrogens with one attached hydrogen (secondary N) is 1. The van der Waals surface area contributed by atoms with Crippen molar-refractivity contribution in [1.29, 1.82) is 0 Å². The molecule has 0 aliphatic rings. The molecule has 6 nitrogen and oxygen atoms in total. The van der Waals surface area contributed by atoms with E-state index in [1.165, 1.54) is 0 Å². The number of hydrogen-bond donors (Lipinski definition) is 2. The summed E-state index contributed by atoms with van der Waals surface area (Å²) in [5, 5.41) is 11.2. The zero-order chi connectivity index (χ0) is 15.2. The van der Waals surface area contributed by atoms with Gasteiger partial charge in [-0.05, 0) is 18.3 Å². The van der Waals surface area contributed by atoms with Crippen molar-refractivity contribution in [3.63, 3.8) is 0 Å². The molecule has 0 heterocycles. The van der Waals surface area contributed by atoms with Crippen molar-refractivity contribution in [1.82, 2.24) is 5.32 Å². The summed E-state index contributed by atoms with van der Waals surface area (Å²) >= 11 is 0. The van der Waals surface area contributed by atoms with E-state index in [2.05, 4.69) is 5.32 Å².